The lowest BCUT2D eigenvalue weighted by molar-refractivity contribution is 0.132. The third kappa shape index (κ3) is 2.71. The predicted molar refractivity (Wildman–Crippen MR) is 64.2 cm³/mol. The molecule has 0 bridgehead atoms. The minimum Gasteiger partial charge on any atom is -0.318 e. The molecule has 0 aliphatic carbocycles. The SMILES string of the molecule is CC(C)(C)OP(=O)(c1c[nH]nn1)C(C)(C)C. The van der Waals surface area contributed by atoms with E-state index in [1.165, 1.54) is 6.20 Å². The molecular formula is C10H20N3O2P. The molecule has 0 saturated heterocycles. The van der Waals surface area contributed by atoms with Gasteiger partial charge in [0.2, 0.25) is 0 Å². The Labute approximate surface area is 96.4 Å². The molecule has 6 heteroatoms. The minimum atomic E-state index is -3.03. The molecule has 0 amide bonds. The van der Waals surface area contributed by atoms with Gasteiger partial charge in [-0.25, -0.2) is 0 Å². The van der Waals surface area contributed by atoms with E-state index in [9.17, 15) is 4.57 Å². The zero-order valence-electron chi connectivity index (χ0n) is 10.7. The summed E-state index contributed by atoms with van der Waals surface area (Å²) in [4.78, 5) is 0. The fraction of sp³-hybridized carbons (Fsp3) is 0.800. The van der Waals surface area contributed by atoms with Crippen LogP contribution >= 0.6 is 7.37 Å². The van der Waals surface area contributed by atoms with Crippen molar-refractivity contribution in [3.05, 3.63) is 6.20 Å². The first-order chi connectivity index (χ1) is 7.06. The summed E-state index contributed by atoms with van der Waals surface area (Å²) >= 11 is 0. The fourth-order valence-electron chi connectivity index (χ4n) is 1.25. The maximum Gasteiger partial charge on any atom is 0.259 e. The van der Waals surface area contributed by atoms with Crippen LogP contribution in [-0.4, -0.2) is 26.2 Å². The van der Waals surface area contributed by atoms with Crippen LogP contribution in [0, 0.1) is 0 Å². The number of nitrogens with one attached hydrogen (secondary N) is 1. The largest absolute Gasteiger partial charge is 0.318 e. The van der Waals surface area contributed by atoms with Crippen LogP contribution in [0.25, 0.3) is 0 Å². The van der Waals surface area contributed by atoms with Gasteiger partial charge in [0.1, 0.15) is 0 Å². The van der Waals surface area contributed by atoms with E-state index < -0.39 is 18.1 Å². The highest BCUT2D eigenvalue weighted by Crippen LogP contribution is 2.59. The first kappa shape index (κ1) is 13.4. The van der Waals surface area contributed by atoms with Crippen molar-refractivity contribution < 1.29 is 9.09 Å². The molecular weight excluding hydrogens is 225 g/mol. The summed E-state index contributed by atoms with van der Waals surface area (Å²) in [5, 5.41) is 9.53. The van der Waals surface area contributed by atoms with E-state index in [1.54, 1.807) is 0 Å². The van der Waals surface area contributed by atoms with Crippen LogP contribution in [0.1, 0.15) is 41.5 Å². The molecule has 1 aromatic rings. The van der Waals surface area contributed by atoms with Crippen molar-refractivity contribution in [3.8, 4) is 0 Å². The van der Waals surface area contributed by atoms with E-state index in [0.717, 1.165) is 0 Å². The average molecular weight is 245 g/mol. The smallest absolute Gasteiger partial charge is 0.259 e. The third-order valence-corrected chi connectivity index (χ3v) is 5.38. The van der Waals surface area contributed by atoms with Crippen molar-refractivity contribution in [1.82, 2.24) is 15.4 Å². The number of rotatable bonds is 2. The highest BCUT2D eigenvalue weighted by molar-refractivity contribution is 7.68. The molecule has 92 valence electrons. The molecule has 1 unspecified atom stereocenters. The topological polar surface area (TPSA) is 67.9 Å². The second-order valence-electron chi connectivity index (χ2n) is 5.76. The van der Waals surface area contributed by atoms with Crippen molar-refractivity contribution in [3.63, 3.8) is 0 Å². The molecule has 16 heavy (non-hydrogen) atoms. The Bertz CT molecular complexity index is 387. The molecule has 1 rings (SSSR count). The number of H-pyrrole nitrogens is 1. The number of nitrogens with zero attached hydrogens (tertiary/aromatic N) is 2. The lowest BCUT2D eigenvalue weighted by Crippen LogP contribution is -2.31. The molecule has 0 aliphatic rings. The Morgan fingerprint density at radius 2 is 1.81 bits per heavy atom. The average Bonchev–Trinajstić information content (AvgIpc) is 2.49. The standard InChI is InChI=1S/C10H20N3O2P/c1-9(2,3)15-16(14,10(4,5)6)8-7-11-13-12-8/h7H,1-6H3,(H,11,12,13). The van der Waals surface area contributed by atoms with Crippen LogP contribution in [0.2, 0.25) is 0 Å². The third-order valence-electron chi connectivity index (χ3n) is 1.99. The Morgan fingerprint density at radius 3 is 2.12 bits per heavy atom. The van der Waals surface area contributed by atoms with E-state index in [-0.39, 0.29) is 0 Å². The highest BCUT2D eigenvalue weighted by atomic mass is 31.2. The summed E-state index contributed by atoms with van der Waals surface area (Å²) in [6, 6.07) is 0. The molecule has 0 aromatic carbocycles. The monoisotopic (exact) mass is 245 g/mol. The van der Waals surface area contributed by atoms with E-state index in [2.05, 4.69) is 15.4 Å². The van der Waals surface area contributed by atoms with Crippen LogP contribution in [0.4, 0.5) is 0 Å². The second-order valence-corrected chi connectivity index (χ2v) is 8.84. The van der Waals surface area contributed by atoms with Gasteiger partial charge in [-0.15, -0.1) is 5.10 Å². The van der Waals surface area contributed by atoms with Gasteiger partial charge in [-0.1, -0.05) is 26.0 Å². The van der Waals surface area contributed by atoms with E-state index >= 15 is 0 Å². The molecule has 1 atom stereocenters. The van der Waals surface area contributed by atoms with Crippen molar-refractivity contribution >= 4 is 12.8 Å². The van der Waals surface area contributed by atoms with Crippen molar-refractivity contribution in [2.75, 3.05) is 0 Å². The second kappa shape index (κ2) is 3.97. The summed E-state index contributed by atoms with van der Waals surface area (Å²) < 4.78 is 18.7. The Kier molecular flexibility index (Phi) is 3.32. The van der Waals surface area contributed by atoms with Gasteiger partial charge in [0, 0.05) is 5.16 Å². The molecule has 5 nitrogen and oxygen atoms in total. The lowest BCUT2D eigenvalue weighted by atomic mass is 10.2. The van der Waals surface area contributed by atoms with E-state index in [4.69, 9.17) is 4.52 Å². The van der Waals surface area contributed by atoms with Crippen LogP contribution in [0.5, 0.6) is 0 Å². The number of hydrogen-bond acceptors (Lipinski definition) is 4. The van der Waals surface area contributed by atoms with Gasteiger partial charge < -0.3 is 4.52 Å². The maximum absolute atomic E-state index is 13.0. The van der Waals surface area contributed by atoms with Gasteiger partial charge in [0.25, 0.3) is 7.37 Å². The van der Waals surface area contributed by atoms with Gasteiger partial charge >= 0.3 is 0 Å². The minimum absolute atomic E-state index is 0.398. The number of hydrogen-bond donors (Lipinski definition) is 1. The van der Waals surface area contributed by atoms with Crippen LogP contribution in [0.3, 0.4) is 0 Å². The Balaban J connectivity index is 3.20. The maximum atomic E-state index is 13.0. The zero-order valence-corrected chi connectivity index (χ0v) is 11.6. The molecule has 1 aromatic heterocycles. The summed E-state index contributed by atoms with van der Waals surface area (Å²) in [5.41, 5.74) is -0.0863. The molecule has 1 heterocycles. The number of aromatic nitrogens is 3. The summed E-state index contributed by atoms with van der Waals surface area (Å²) in [5.74, 6) is 0. The summed E-state index contributed by atoms with van der Waals surface area (Å²) in [7, 11) is -3.03. The first-order valence-electron chi connectivity index (χ1n) is 5.24. The van der Waals surface area contributed by atoms with Crippen molar-refractivity contribution in [2.24, 2.45) is 0 Å². The predicted octanol–water partition coefficient (Wildman–Crippen LogP) is 2.32. The van der Waals surface area contributed by atoms with Crippen LogP contribution in [-0.2, 0) is 9.09 Å². The molecule has 0 spiro atoms. The molecule has 0 saturated carbocycles. The van der Waals surface area contributed by atoms with Crippen LogP contribution in [0.15, 0.2) is 6.20 Å². The normalized spacial score (nSPS) is 17.1. The van der Waals surface area contributed by atoms with Gasteiger partial charge in [-0.05, 0) is 20.8 Å². The lowest BCUT2D eigenvalue weighted by Gasteiger charge is -2.34. The summed E-state index contributed by atoms with van der Waals surface area (Å²) in [6.07, 6.45) is 1.54. The number of aromatic amines is 1. The van der Waals surface area contributed by atoms with Gasteiger partial charge in [0.05, 0.1) is 11.8 Å². The van der Waals surface area contributed by atoms with Gasteiger partial charge in [-0.3, -0.25) is 9.66 Å². The zero-order chi connectivity index (χ0) is 12.6. The van der Waals surface area contributed by atoms with E-state index in [1.807, 2.05) is 41.5 Å². The van der Waals surface area contributed by atoms with Gasteiger partial charge in [-0.2, -0.15) is 0 Å². The van der Waals surface area contributed by atoms with Crippen molar-refractivity contribution in [1.29, 1.82) is 0 Å². The molecule has 0 fully saturated rings. The molecule has 0 radical (unpaired) electrons. The Morgan fingerprint density at radius 1 is 1.25 bits per heavy atom. The quantitative estimate of drug-likeness (QED) is 0.812. The van der Waals surface area contributed by atoms with Gasteiger partial charge in [0.15, 0.2) is 5.44 Å². The molecule has 0 aliphatic heterocycles. The Hall–Kier alpha value is -0.670. The van der Waals surface area contributed by atoms with E-state index in [0.29, 0.717) is 5.44 Å². The summed E-state index contributed by atoms with van der Waals surface area (Å²) in [6.45, 7) is 11.3. The van der Waals surface area contributed by atoms with Crippen molar-refractivity contribution in [2.45, 2.75) is 52.3 Å². The fourth-order valence-corrected chi connectivity index (χ4v) is 3.47. The highest BCUT2D eigenvalue weighted by Gasteiger charge is 2.44. The molecule has 1 N–H and O–H groups in total. The first-order valence-corrected chi connectivity index (χ1v) is 6.87. The van der Waals surface area contributed by atoms with Crippen LogP contribution < -0.4 is 5.44 Å².